The Morgan fingerprint density at radius 3 is 2.65 bits per heavy atom. The van der Waals surface area contributed by atoms with E-state index >= 15 is 0 Å². The highest BCUT2D eigenvalue weighted by Gasteiger charge is 2.41. The molecule has 1 aromatic heterocycles. The minimum Gasteiger partial charge on any atom is -0.446 e. The summed E-state index contributed by atoms with van der Waals surface area (Å²) in [6.45, 7) is 2.23. The van der Waals surface area contributed by atoms with Gasteiger partial charge in [-0.25, -0.2) is 13.1 Å². The van der Waals surface area contributed by atoms with Crippen molar-refractivity contribution in [3.8, 4) is 0 Å². The van der Waals surface area contributed by atoms with Crippen LogP contribution in [0.1, 0.15) is 31.9 Å². The zero-order valence-electron chi connectivity index (χ0n) is 9.77. The Hall–Kier alpha value is -0.850. The maximum Gasteiger partial charge on any atom is 0.273 e. The molecular weight excluding hydrogens is 242 g/mol. The lowest BCUT2D eigenvalue weighted by atomic mass is 10.1. The first-order valence-corrected chi connectivity index (χ1v) is 7.19. The molecule has 5 nitrogen and oxygen atoms in total. The van der Waals surface area contributed by atoms with E-state index in [4.69, 9.17) is 9.52 Å². The van der Waals surface area contributed by atoms with E-state index in [0.717, 1.165) is 19.3 Å². The topological polar surface area (TPSA) is 79.5 Å². The molecule has 0 atom stereocenters. The van der Waals surface area contributed by atoms with Crippen molar-refractivity contribution >= 4 is 10.0 Å². The molecule has 2 N–H and O–H groups in total. The van der Waals surface area contributed by atoms with Gasteiger partial charge in [-0.2, -0.15) is 0 Å². The summed E-state index contributed by atoms with van der Waals surface area (Å²) in [6.07, 6.45) is 3.13. The first kappa shape index (κ1) is 12.6. The molecule has 17 heavy (non-hydrogen) atoms. The Balaban J connectivity index is 2.03. The highest BCUT2D eigenvalue weighted by atomic mass is 32.2. The summed E-state index contributed by atoms with van der Waals surface area (Å²) < 4.78 is 31.3. The summed E-state index contributed by atoms with van der Waals surface area (Å²) in [5, 5.41) is 8.68. The SMILES string of the molecule is CCC1(CNS(=O)(=O)c2ccc(CO)o2)CC1. The van der Waals surface area contributed by atoms with Gasteiger partial charge in [0.2, 0.25) is 5.09 Å². The Morgan fingerprint density at radius 2 is 2.18 bits per heavy atom. The van der Waals surface area contributed by atoms with E-state index in [0.29, 0.717) is 6.54 Å². The molecule has 0 aromatic carbocycles. The van der Waals surface area contributed by atoms with Gasteiger partial charge in [0.15, 0.2) is 0 Å². The van der Waals surface area contributed by atoms with Crippen LogP contribution in [0.2, 0.25) is 0 Å². The molecule has 1 saturated carbocycles. The third-order valence-corrected chi connectivity index (χ3v) is 4.68. The van der Waals surface area contributed by atoms with Crippen LogP contribution in [-0.2, 0) is 16.6 Å². The lowest BCUT2D eigenvalue weighted by Crippen LogP contribution is -2.29. The van der Waals surface area contributed by atoms with Crippen LogP contribution in [0.3, 0.4) is 0 Å². The molecule has 0 unspecified atom stereocenters. The number of aliphatic hydroxyl groups is 1. The lowest BCUT2D eigenvalue weighted by molar-refractivity contribution is 0.236. The second-order valence-electron chi connectivity index (χ2n) is 4.56. The molecule has 1 aliphatic rings. The van der Waals surface area contributed by atoms with E-state index in [-0.39, 0.29) is 22.9 Å². The molecule has 0 bridgehead atoms. The van der Waals surface area contributed by atoms with E-state index in [1.165, 1.54) is 12.1 Å². The Morgan fingerprint density at radius 1 is 1.47 bits per heavy atom. The molecule has 1 heterocycles. The van der Waals surface area contributed by atoms with Gasteiger partial charge in [0.25, 0.3) is 10.0 Å². The van der Waals surface area contributed by atoms with E-state index in [1.807, 2.05) is 0 Å². The molecule has 6 heteroatoms. The van der Waals surface area contributed by atoms with Crippen LogP contribution >= 0.6 is 0 Å². The number of hydrogen-bond donors (Lipinski definition) is 2. The molecule has 0 saturated heterocycles. The monoisotopic (exact) mass is 259 g/mol. The number of rotatable bonds is 6. The fourth-order valence-electron chi connectivity index (χ4n) is 1.74. The first-order valence-electron chi connectivity index (χ1n) is 5.71. The van der Waals surface area contributed by atoms with Crippen molar-refractivity contribution in [3.05, 3.63) is 17.9 Å². The predicted molar refractivity (Wildman–Crippen MR) is 61.8 cm³/mol. The average molecular weight is 259 g/mol. The van der Waals surface area contributed by atoms with Gasteiger partial charge >= 0.3 is 0 Å². The van der Waals surface area contributed by atoms with E-state index in [2.05, 4.69) is 11.6 Å². The minimum atomic E-state index is -3.58. The van der Waals surface area contributed by atoms with Crippen LogP contribution in [0.25, 0.3) is 0 Å². The van der Waals surface area contributed by atoms with Gasteiger partial charge in [-0.15, -0.1) is 0 Å². The highest BCUT2D eigenvalue weighted by Crippen LogP contribution is 2.48. The molecule has 0 radical (unpaired) electrons. The van der Waals surface area contributed by atoms with Gasteiger partial charge < -0.3 is 9.52 Å². The van der Waals surface area contributed by atoms with Crippen molar-refractivity contribution in [2.45, 2.75) is 37.9 Å². The van der Waals surface area contributed by atoms with Gasteiger partial charge in [0, 0.05) is 6.54 Å². The van der Waals surface area contributed by atoms with Gasteiger partial charge in [-0.3, -0.25) is 0 Å². The summed E-state index contributed by atoms with van der Waals surface area (Å²) in [7, 11) is -3.58. The first-order chi connectivity index (χ1) is 8.01. The molecule has 0 aliphatic heterocycles. The zero-order chi connectivity index (χ0) is 12.5. The van der Waals surface area contributed by atoms with Gasteiger partial charge in [-0.05, 0) is 36.8 Å². The standard InChI is InChI=1S/C11H17NO4S/c1-2-11(5-6-11)8-12-17(14,15)10-4-3-9(7-13)16-10/h3-4,12-13H,2,5-8H2,1H3. The second kappa shape index (κ2) is 4.44. The highest BCUT2D eigenvalue weighted by molar-refractivity contribution is 7.89. The molecule has 0 amide bonds. The molecular formula is C11H17NO4S. The molecule has 2 rings (SSSR count). The molecule has 0 spiro atoms. The van der Waals surface area contributed by atoms with E-state index in [1.54, 1.807) is 0 Å². The number of nitrogens with one attached hydrogen (secondary N) is 1. The Kier molecular flexibility index (Phi) is 3.29. The Bertz CT molecular complexity index is 487. The number of furan rings is 1. The number of aliphatic hydroxyl groups excluding tert-OH is 1. The number of sulfonamides is 1. The quantitative estimate of drug-likeness (QED) is 0.805. The van der Waals surface area contributed by atoms with Crippen molar-refractivity contribution in [1.82, 2.24) is 4.72 Å². The third kappa shape index (κ3) is 2.70. The lowest BCUT2D eigenvalue weighted by Gasteiger charge is -2.12. The van der Waals surface area contributed by atoms with Crippen molar-refractivity contribution in [2.24, 2.45) is 5.41 Å². The molecule has 1 fully saturated rings. The summed E-state index contributed by atoms with van der Waals surface area (Å²) >= 11 is 0. The van der Waals surface area contributed by atoms with Crippen molar-refractivity contribution < 1.29 is 17.9 Å². The average Bonchev–Trinajstić information content (AvgIpc) is 2.94. The normalized spacial score (nSPS) is 18.2. The van der Waals surface area contributed by atoms with Gasteiger partial charge in [0.05, 0.1) is 0 Å². The summed E-state index contributed by atoms with van der Waals surface area (Å²) in [4.78, 5) is 0. The fourth-order valence-corrected chi connectivity index (χ4v) is 2.84. The largest absolute Gasteiger partial charge is 0.446 e. The molecule has 1 aromatic rings. The fraction of sp³-hybridized carbons (Fsp3) is 0.636. The smallest absolute Gasteiger partial charge is 0.273 e. The maximum atomic E-state index is 11.9. The van der Waals surface area contributed by atoms with Crippen molar-refractivity contribution in [1.29, 1.82) is 0 Å². The van der Waals surface area contributed by atoms with Crippen LogP contribution < -0.4 is 4.72 Å². The second-order valence-corrected chi connectivity index (χ2v) is 6.25. The summed E-state index contributed by atoms with van der Waals surface area (Å²) in [5.74, 6) is 0.252. The van der Waals surface area contributed by atoms with Crippen LogP contribution in [0.5, 0.6) is 0 Å². The van der Waals surface area contributed by atoms with Crippen LogP contribution in [-0.4, -0.2) is 20.1 Å². The van der Waals surface area contributed by atoms with Crippen LogP contribution in [0.15, 0.2) is 21.6 Å². The zero-order valence-corrected chi connectivity index (χ0v) is 10.6. The number of hydrogen-bond acceptors (Lipinski definition) is 4. The third-order valence-electron chi connectivity index (χ3n) is 3.40. The minimum absolute atomic E-state index is 0.131. The van der Waals surface area contributed by atoms with Gasteiger partial charge in [-0.1, -0.05) is 6.92 Å². The predicted octanol–water partition coefficient (Wildman–Crippen LogP) is 1.24. The van der Waals surface area contributed by atoms with Crippen molar-refractivity contribution in [3.63, 3.8) is 0 Å². The van der Waals surface area contributed by atoms with Gasteiger partial charge in [0.1, 0.15) is 12.4 Å². The Labute approximate surface area is 101 Å². The molecule has 1 aliphatic carbocycles. The summed E-state index contributed by atoms with van der Waals surface area (Å²) in [6, 6.07) is 2.82. The van der Waals surface area contributed by atoms with Crippen LogP contribution in [0.4, 0.5) is 0 Å². The maximum absolute atomic E-state index is 11.9. The summed E-state index contributed by atoms with van der Waals surface area (Å²) in [5.41, 5.74) is 0.152. The van der Waals surface area contributed by atoms with E-state index < -0.39 is 10.0 Å². The van der Waals surface area contributed by atoms with Crippen LogP contribution in [0, 0.1) is 5.41 Å². The molecule has 96 valence electrons. The van der Waals surface area contributed by atoms with E-state index in [9.17, 15) is 8.42 Å². The van der Waals surface area contributed by atoms with Crippen molar-refractivity contribution in [2.75, 3.05) is 6.54 Å².